The zero-order chi connectivity index (χ0) is 21.0. The molecule has 1 saturated heterocycles. The fourth-order valence-electron chi connectivity index (χ4n) is 3.76. The number of amides is 1. The molecule has 1 aromatic carbocycles. The van der Waals surface area contributed by atoms with Crippen molar-refractivity contribution in [2.75, 3.05) is 31.1 Å². The van der Waals surface area contributed by atoms with Crippen LogP contribution < -0.4 is 4.90 Å². The van der Waals surface area contributed by atoms with Gasteiger partial charge in [0.1, 0.15) is 5.69 Å². The van der Waals surface area contributed by atoms with Crippen molar-refractivity contribution in [3.05, 3.63) is 83.6 Å². The van der Waals surface area contributed by atoms with Crippen LogP contribution in [0.2, 0.25) is 0 Å². The quantitative estimate of drug-likeness (QED) is 0.485. The van der Waals surface area contributed by atoms with Gasteiger partial charge in [-0.05, 0) is 23.1 Å². The Morgan fingerprint density at radius 2 is 1.71 bits per heavy atom. The molecule has 0 unspecified atom stereocenters. The molecule has 0 N–H and O–H groups in total. The van der Waals surface area contributed by atoms with Gasteiger partial charge in [-0.25, -0.2) is 9.97 Å². The van der Waals surface area contributed by atoms with Crippen LogP contribution >= 0.6 is 11.3 Å². The van der Waals surface area contributed by atoms with Crippen molar-refractivity contribution in [1.82, 2.24) is 24.6 Å². The van der Waals surface area contributed by atoms with Gasteiger partial charge in [-0.1, -0.05) is 36.4 Å². The van der Waals surface area contributed by atoms with Gasteiger partial charge in [0, 0.05) is 44.8 Å². The number of rotatable bonds is 5. The molecular weight excluding hydrogens is 408 g/mol. The van der Waals surface area contributed by atoms with Crippen molar-refractivity contribution in [2.24, 2.45) is 0 Å². The van der Waals surface area contributed by atoms with Crippen molar-refractivity contribution >= 4 is 23.2 Å². The Labute approximate surface area is 184 Å². The number of thiophene rings is 1. The molecule has 31 heavy (non-hydrogen) atoms. The molecule has 4 heterocycles. The number of anilines is 1. The van der Waals surface area contributed by atoms with E-state index in [-0.39, 0.29) is 5.91 Å². The van der Waals surface area contributed by atoms with Crippen LogP contribution in [0.1, 0.15) is 15.9 Å². The van der Waals surface area contributed by atoms with E-state index >= 15 is 0 Å². The summed E-state index contributed by atoms with van der Waals surface area (Å²) in [5.41, 5.74) is 2.56. The van der Waals surface area contributed by atoms with E-state index in [1.165, 1.54) is 0 Å². The topological polar surface area (TPSA) is 67.2 Å². The Bertz CT molecular complexity index is 1140. The first-order valence-corrected chi connectivity index (χ1v) is 11.1. The van der Waals surface area contributed by atoms with Gasteiger partial charge in [-0.2, -0.15) is 5.10 Å². The van der Waals surface area contributed by atoms with Crippen molar-refractivity contribution in [3.8, 4) is 10.6 Å². The minimum atomic E-state index is 0.0244. The van der Waals surface area contributed by atoms with Gasteiger partial charge in [-0.15, -0.1) is 11.3 Å². The van der Waals surface area contributed by atoms with Gasteiger partial charge < -0.3 is 9.80 Å². The van der Waals surface area contributed by atoms with Crippen LogP contribution in [-0.4, -0.2) is 56.7 Å². The van der Waals surface area contributed by atoms with Crippen LogP contribution in [0, 0.1) is 0 Å². The second-order valence-corrected chi connectivity index (χ2v) is 8.33. The first kappa shape index (κ1) is 19.4. The standard InChI is InChI=1S/C23H22N6OS/c30-22(27-11-13-28(14-12-27)23-24-9-5-10-25-23)19-17-29(16-18-6-2-1-3-7-18)26-21(19)20-8-4-15-31-20/h1-10,15,17H,11-14,16H2. The fourth-order valence-corrected chi connectivity index (χ4v) is 4.48. The second kappa shape index (κ2) is 8.69. The summed E-state index contributed by atoms with van der Waals surface area (Å²) in [4.78, 5) is 27.1. The van der Waals surface area contributed by atoms with Gasteiger partial charge in [0.15, 0.2) is 0 Å². The van der Waals surface area contributed by atoms with Crippen LogP contribution in [0.3, 0.4) is 0 Å². The summed E-state index contributed by atoms with van der Waals surface area (Å²) in [6, 6.07) is 16.0. The fraction of sp³-hybridized carbons (Fsp3) is 0.217. The monoisotopic (exact) mass is 430 g/mol. The molecular formula is C23H22N6OS. The molecule has 0 bridgehead atoms. The third kappa shape index (κ3) is 4.20. The van der Waals surface area contributed by atoms with Crippen LogP contribution in [-0.2, 0) is 6.54 Å². The summed E-state index contributed by atoms with van der Waals surface area (Å²) in [7, 11) is 0. The van der Waals surface area contributed by atoms with Crippen molar-refractivity contribution < 1.29 is 4.79 Å². The van der Waals surface area contributed by atoms with Crippen LogP contribution in [0.4, 0.5) is 5.95 Å². The van der Waals surface area contributed by atoms with Crippen LogP contribution in [0.25, 0.3) is 10.6 Å². The maximum absolute atomic E-state index is 13.5. The predicted octanol–water partition coefficient (Wildman–Crippen LogP) is 3.41. The molecule has 5 rings (SSSR count). The molecule has 0 saturated carbocycles. The number of nitrogens with zero attached hydrogens (tertiary/aromatic N) is 6. The molecule has 156 valence electrons. The van der Waals surface area contributed by atoms with E-state index in [1.54, 1.807) is 23.7 Å². The molecule has 3 aromatic heterocycles. The van der Waals surface area contributed by atoms with Crippen molar-refractivity contribution in [2.45, 2.75) is 6.54 Å². The minimum absolute atomic E-state index is 0.0244. The SMILES string of the molecule is O=C(c1cn(Cc2ccccc2)nc1-c1cccs1)N1CCN(c2ncccn2)CC1. The highest BCUT2D eigenvalue weighted by Gasteiger charge is 2.27. The van der Waals surface area contributed by atoms with E-state index in [2.05, 4.69) is 27.0 Å². The highest BCUT2D eigenvalue weighted by molar-refractivity contribution is 7.13. The summed E-state index contributed by atoms with van der Waals surface area (Å²) < 4.78 is 1.87. The largest absolute Gasteiger partial charge is 0.337 e. The molecule has 8 heteroatoms. The highest BCUT2D eigenvalue weighted by Crippen LogP contribution is 2.28. The molecule has 0 spiro atoms. The Morgan fingerprint density at radius 1 is 0.935 bits per heavy atom. The van der Waals surface area contributed by atoms with Crippen molar-refractivity contribution in [1.29, 1.82) is 0 Å². The van der Waals surface area contributed by atoms with Gasteiger partial charge in [-0.3, -0.25) is 9.48 Å². The first-order chi connectivity index (χ1) is 15.3. The summed E-state index contributed by atoms with van der Waals surface area (Å²) in [5.74, 6) is 0.737. The maximum Gasteiger partial charge on any atom is 0.257 e. The average molecular weight is 431 g/mol. The molecule has 1 aliphatic heterocycles. The number of carbonyl (C=O) groups is 1. The Hall–Kier alpha value is -3.52. The average Bonchev–Trinajstić information content (AvgIpc) is 3.50. The molecule has 0 aliphatic carbocycles. The number of piperazine rings is 1. The summed E-state index contributed by atoms with van der Waals surface area (Å²) >= 11 is 1.60. The molecule has 0 atom stereocenters. The van der Waals surface area contributed by atoms with E-state index in [4.69, 9.17) is 5.10 Å². The van der Waals surface area contributed by atoms with Crippen LogP contribution in [0.15, 0.2) is 72.5 Å². The summed E-state index contributed by atoms with van der Waals surface area (Å²) in [6.45, 7) is 3.31. The van der Waals surface area contributed by atoms with E-state index in [0.717, 1.165) is 16.1 Å². The lowest BCUT2D eigenvalue weighted by molar-refractivity contribution is 0.0747. The summed E-state index contributed by atoms with van der Waals surface area (Å²) in [6.07, 6.45) is 5.37. The van der Waals surface area contributed by atoms with E-state index < -0.39 is 0 Å². The molecule has 1 amide bonds. The highest BCUT2D eigenvalue weighted by atomic mass is 32.1. The zero-order valence-corrected chi connectivity index (χ0v) is 17.8. The third-order valence-corrected chi connectivity index (χ3v) is 6.21. The Balaban J connectivity index is 1.37. The Kier molecular flexibility index (Phi) is 5.45. The maximum atomic E-state index is 13.5. The summed E-state index contributed by atoms with van der Waals surface area (Å²) in [5, 5.41) is 6.79. The van der Waals surface area contributed by atoms with E-state index in [9.17, 15) is 4.79 Å². The molecule has 4 aromatic rings. The number of carbonyl (C=O) groups excluding carboxylic acids is 1. The molecule has 7 nitrogen and oxygen atoms in total. The number of benzene rings is 1. The van der Waals surface area contributed by atoms with Gasteiger partial charge in [0.25, 0.3) is 5.91 Å². The smallest absolute Gasteiger partial charge is 0.257 e. The second-order valence-electron chi connectivity index (χ2n) is 7.38. The van der Waals surface area contributed by atoms with Gasteiger partial charge >= 0.3 is 0 Å². The number of hydrogen-bond acceptors (Lipinski definition) is 6. The Morgan fingerprint density at radius 3 is 2.42 bits per heavy atom. The molecule has 1 aliphatic rings. The molecule has 1 fully saturated rings. The zero-order valence-electron chi connectivity index (χ0n) is 17.0. The van der Waals surface area contributed by atoms with Crippen molar-refractivity contribution in [3.63, 3.8) is 0 Å². The lowest BCUT2D eigenvalue weighted by Gasteiger charge is -2.34. The lowest BCUT2D eigenvalue weighted by Crippen LogP contribution is -2.49. The minimum Gasteiger partial charge on any atom is -0.337 e. The third-order valence-electron chi connectivity index (χ3n) is 5.34. The van der Waals surface area contributed by atoms with Gasteiger partial charge in [0.2, 0.25) is 5.95 Å². The molecule has 0 radical (unpaired) electrons. The lowest BCUT2D eigenvalue weighted by atomic mass is 10.1. The van der Waals surface area contributed by atoms with E-state index in [1.807, 2.05) is 57.6 Å². The normalized spacial score (nSPS) is 14.1. The van der Waals surface area contributed by atoms with Gasteiger partial charge in [0.05, 0.1) is 17.0 Å². The first-order valence-electron chi connectivity index (χ1n) is 10.2. The van der Waals surface area contributed by atoms with Crippen LogP contribution in [0.5, 0.6) is 0 Å². The number of hydrogen-bond donors (Lipinski definition) is 0. The predicted molar refractivity (Wildman–Crippen MR) is 121 cm³/mol. The van der Waals surface area contributed by atoms with E-state index in [0.29, 0.717) is 44.2 Å². The number of aromatic nitrogens is 4.